The highest BCUT2D eigenvalue weighted by Crippen LogP contribution is 2.48. The lowest BCUT2D eigenvalue weighted by Crippen LogP contribution is -2.33. The lowest BCUT2D eigenvalue weighted by Gasteiger charge is -2.26. The quantitative estimate of drug-likeness (QED) is 0.162. The Balaban J connectivity index is 0.00000320. The molecule has 1 saturated heterocycles. The second kappa shape index (κ2) is 13.5. The predicted molar refractivity (Wildman–Crippen MR) is 153 cm³/mol. The number of likely N-dealkylation sites (tertiary alicyclic amines) is 1. The summed E-state index contributed by atoms with van der Waals surface area (Å²) in [6.45, 7) is 5.52. The molecule has 0 spiro atoms. The van der Waals surface area contributed by atoms with Crippen molar-refractivity contribution in [3.05, 3.63) is 47.3 Å². The molecule has 1 aromatic heterocycles. The average Bonchev–Trinajstić information content (AvgIpc) is 3.04. The molecule has 1 saturated carbocycles. The van der Waals surface area contributed by atoms with E-state index in [9.17, 15) is 4.79 Å². The van der Waals surface area contributed by atoms with Gasteiger partial charge in [0, 0.05) is 23.6 Å². The van der Waals surface area contributed by atoms with Gasteiger partial charge in [0.1, 0.15) is 29.6 Å². The molecule has 3 aromatic rings. The highest BCUT2D eigenvalue weighted by molar-refractivity contribution is 7.19. The molecule has 1 aliphatic carbocycles. The van der Waals surface area contributed by atoms with Gasteiger partial charge in [-0.05, 0) is 87.2 Å². The van der Waals surface area contributed by atoms with Crippen LogP contribution in [-0.2, 0) is 4.79 Å². The van der Waals surface area contributed by atoms with Gasteiger partial charge in [-0.2, -0.15) is 0 Å². The van der Waals surface area contributed by atoms with E-state index >= 15 is 0 Å². The molecule has 0 unspecified atom stereocenters. The number of nitrogens with zero attached hydrogens (tertiary/aromatic N) is 1. The van der Waals surface area contributed by atoms with Crippen LogP contribution in [0.15, 0.2) is 42.5 Å². The number of esters is 1. The van der Waals surface area contributed by atoms with Crippen molar-refractivity contribution in [1.82, 2.24) is 4.90 Å². The highest BCUT2D eigenvalue weighted by Gasteiger charge is 2.24. The molecule has 2 heterocycles. The summed E-state index contributed by atoms with van der Waals surface area (Å²) in [5, 5.41) is 1.08. The fourth-order valence-corrected chi connectivity index (χ4v) is 6.74. The SMILES string of the molecule is CC(=O)Oc1ccc2c(Oc3ccc(OCCN4CCCCC4)cc3)c(C3CCCCCC3)sc2c1.Cl. The number of halogens is 1. The van der Waals surface area contributed by atoms with E-state index < -0.39 is 0 Å². The van der Waals surface area contributed by atoms with Gasteiger partial charge in [0.25, 0.3) is 0 Å². The summed E-state index contributed by atoms with van der Waals surface area (Å²) < 4.78 is 19.0. The van der Waals surface area contributed by atoms with Crippen LogP contribution in [0, 0.1) is 0 Å². The molecule has 0 atom stereocenters. The Bertz CT molecular complexity index is 1150. The first-order valence-corrected chi connectivity index (χ1v) is 14.4. The highest BCUT2D eigenvalue weighted by atomic mass is 35.5. The van der Waals surface area contributed by atoms with Gasteiger partial charge in [0.05, 0.1) is 4.88 Å². The Morgan fingerprint density at radius 3 is 2.24 bits per heavy atom. The van der Waals surface area contributed by atoms with Crippen LogP contribution in [0.3, 0.4) is 0 Å². The lowest BCUT2D eigenvalue weighted by molar-refractivity contribution is -0.131. The molecule has 2 aliphatic rings. The van der Waals surface area contributed by atoms with E-state index in [4.69, 9.17) is 14.2 Å². The first-order chi connectivity index (χ1) is 17.7. The normalized spacial score (nSPS) is 17.1. The maximum absolute atomic E-state index is 11.5. The molecule has 37 heavy (non-hydrogen) atoms. The smallest absolute Gasteiger partial charge is 0.308 e. The number of hydrogen-bond donors (Lipinski definition) is 0. The van der Waals surface area contributed by atoms with Crippen LogP contribution in [0.25, 0.3) is 10.1 Å². The minimum absolute atomic E-state index is 0. The fourth-order valence-electron chi connectivity index (χ4n) is 5.41. The monoisotopic (exact) mass is 543 g/mol. The maximum atomic E-state index is 11.5. The summed E-state index contributed by atoms with van der Waals surface area (Å²) >= 11 is 1.78. The van der Waals surface area contributed by atoms with Crippen LogP contribution in [-0.4, -0.2) is 37.1 Å². The Labute approximate surface area is 230 Å². The van der Waals surface area contributed by atoms with Gasteiger partial charge < -0.3 is 14.2 Å². The molecular weight excluding hydrogens is 506 g/mol. The molecule has 1 aliphatic heterocycles. The standard InChI is InChI=1S/C30H37NO4S.ClH/c1-22(32)34-26-15-16-27-28(21-26)36-30(23-9-5-2-3-6-10-23)29(27)35-25-13-11-24(12-14-25)33-20-19-31-17-7-4-8-18-31;/h11-16,21,23H,2-10,17-20H2,1H3;1H. The minimum atomic E-state index is -0.301. The van der Waals surface area contributed by atoms with E-state index in [1.54, 1.807) is 11.3 Å². The van der Waals surface area contributed by atoms with Crippen LogP contribution < -0.4 is 14.2 Å². The molecule has 200 valence electrons. The van der Waals surface area contributed by atoms with Crippen molar-refractivity contribution in [2.24, 2.45) is 0 Å². The number of rotatable bonds is 8. The van der Waals surface area contributed by atoms with Crippen LogP contribution in [0.2, 0.25) is 0 Å². The van der Waals surface area contributed by atoms with Crippen molar-refractivity contribution >= 4 is 39.8 Å². The van der Waals surface area contributed by atoms with Crippen molar-refractivity contribution in [3.63, 3.8) is 0 Å². The third-order valence-electron chi connectivity index (χ3n) is 7.30. The van der Waals surface area contributed by atoms with Crippen LogP contribution in [0.1, 0.15) is 75.5 Å². The van der Waals surface area contributed by atoms with Gasteiger partial charge in [-0.1, -0.05) is 32.1 Å². The topological polar surface area (TPSA) is 48.0 Å². The van der Waals surface area contributed by atoms with Crippen molar-refractivity contribution in [1.29, 1.82) is 0 Å². The summed E-state index contributed by atoms with van der Waals surface area (Å²) in [5.41, 5.74) is 0. The molecule has 0 amide bonds. The third kappa shape index (κ3) is 7.40. The number of carbonyl (C=O) groups excluding carboxylic acids is 1. The van der Waals surface area contributed by atoms with Gasteiger partial charge in [0.15, 0.2) is 0 Å². The fraction of sp³-hybridized carbons (Fsp3) is 0.500. The van der Waals surface area contributed by atoms with Crippen LogP contribution >= 0.6 is 23.7 Å². The molecule has 7 heteroatoms. The van der Waals surface area contributed by atoms with Crippen molar-refractivity contribution < 1.29 is 19.0 Å². The Hall–Kier alpha value is -2.28. The van der Waals surface area contributed by atoms with E-state index in [0.717, 1.165) is 33.9 Å². The van der Waals surface area contributed by atoms with E-state index in [-0.39, 0.29) is 18.4 Å². The largest absolute Gasteiger partial charge is 0.492 e. The van der Waals surface area contributed by atoms with Gasteiger partial charge in [-0.25, -0.2) is 0 Å². The lowest BCUT2D eigenvalue weighted by atomic mass is 9.97. The number of thiophene rings is 1. The number of carbonyl (C=O) groups is 1. The summed E-state index contributed by atoms with van der Waals surface area (Å²) in [7, 11) is 0. The van der Waals surface area contributed by atoms with E-state index in [1.807, 2.05) is 42.5 Å². The third-order valence-corrected chi connectivity index (χ3v) is 8.59. The number of fused-ring (bicyclic) bond motifs is 1. The number of piperidine rings is 1. The van der Waals surface area contributed by atoms with Crippen molar-refractivity contribution in [3.8, 4) is 23.0 Å². The molecule has 0 radical (unpaired) electrons. The van der Waals surface area contributed by atoms with Gasteiger partial charge >= 0.3 is 5.97 Å². The number of ether oxygens (including phenoxy) is 3. The second-order valence-corrected chi connectivity index (χ2v) is 11.1. The zero-order valence-corrected chi connectivity index (χ0v) is 23.3. The maximum Gasteiger partial charge on any atom is 0.308 e. The first kappa shape index (κ1) is 27.7. The summed E-state index contributed by atoms with van der Waals surface area (Å²) in [4.78, 5) is 15.3. The van der Waals surface area contributed by atoms with Crippen LogP contribution in [0.5, 0.6) is 23.0 Å². The van der Waals surface area contributed by atoms with E-state index in [1.165, 1.54) is 82.7 Å². The predicted octanol–water partition coefficient (Wildman–Crippen LogP) is 8.34. The molecule has 0 bridgehead atoms. The van der Waals surface area contributed by atoms with Crippen LogP contribution in [0.4, 0.5) is 0 Å². The Morgan fingerprint density at radius 1 is 0.892 bits per heavy atom. The summed E-state index contributed by atoms with van der Waals surface area (Å²) in [6, 6.07) is 13.9. The Morgan fingerprint density at radius 2 is 1.54 bits per heavy atom. The Kier molecular flexibility index (Phi) is 10.1. The average molecular weight is 544 g/mol. The van der Waals surface area contributed by atoms with Gasteiger partial charge in [0.2, 0.25) is 0 Å². The first-order valence-electron chi connectivity index (χ1n) is 13.5. The molecule has 5 nitrogen and oxygen atoms in total. The molecule has 2 aromatic carbocycles. The molecule has 0 N–H and O–H groups in total. The zero-order valence-electron chi connectivity index (χ0n) is 21.7. The summed E-state index contributed by atoms with van der Waals surface area (Å²) in [6.07, 6.45) is 11.5. The van der Waals surface area contributed by atoms with Gasteiger partial charge in [-0.15, -0.1) is 23.7 Å². The second-order valence-electron chi connectivity index (χ2n) is 10.1. The van der Waals surface area contributed by atoms with E-state index in [2.05, 4.69) is 4.90 Å². The molecule has 5 rings (SSSR count). The number of benzene rings is 2. The number of hydrogen-bond acceptors (Lipinski definition) is 6. The zero-order chi connectivity index (χ0) is 24.7. The molecule has 2 fully saturated rings. The van der Waals surface area contributed by atoms with Gasteiger partial charge in [-0.3, -0.25) is 9.69 Å². The molecular formula is C30H38ClNO4S. The minimum Gasteiger partial charge on any atom is -0.492 e. The van der Waals surface area contributed by atoms with Crippen molar-refractivity contribution in [2.45, 2.75) is 70.6 Å². The van der Waals surface area contributed by atoms with Crippen molar-refractivity contribution in [2.75, 3.05) is 26.2 Å². The van der Waals surface area contributed by atoms with E-state index in [0.29, 0.717) is 18.3 Å². The summed E-state index contributed by atoms with van der Waals surface area (Å²) in [5.74, 6) is 3.44.